The molecule has 0 aliphatic carbocycles. The third kappa shape index (κ3) is 3.40. The fourth-order valence-corrected chi connectivity index (χ4v) is 3.43. The predicted molar refractivity (Wildman–Crippen MR) is 85.5 cm³/mol. The molecule has 0 saturated carbocycles. The summed E-state index contributed by atoms with van der Waals surface area (Å²) in [4.78, 5) is 18.9. The van der Waals surface area contributed by atoms with Gasteiger partial charge >= 0.3 is 0 Å². The van der Waals surface area contributed by atoms with Crippen molar-refractivity contribution in [1.82, 2.24) is 9.80 Å². The lowest BCUT2D eigenvalue weighted by Gasteiger charge is -2.36. The average Bonchev–Trinajstić information content (AvgIpc) is 2.93. The number of amides is 1. The lowest BCUT2D eigenvalue weighted by atomic mass is 10.1. The Morgan fingerprint density at radius 2 is 1.82 bits per heavy atom. The van der Waals surface area contributed by atoms with Crippen molar-refractivity contribution in [2.45, 2.75) is 25.3 Å². The van der Waals surface area contributed by atoms with Crippen molar-refractivity contribution in [2.24, 2.45) is 0 Å². The Hall–Kier alpha value is -1.62. The van der Waals surface area contributed by atoms with Crippen LogP contribution in [-0.4, -0.2) is 61.5 Å². The summed E-state index contributed by atoms with van der Waals surface area (Å²) in [5.41, 5.74) is 1.03. The zero-order valence-corrected chi connectivity index (χ0v) is 13.2. The average molecular weight is 305 g/mol. The molecule has 3 rings (SSSR count). The van der Waals surface area contributed by atoms with Gasteiger partial charge in [-0.05, 0) is 50.7 Å². The summed E-state index contributed by atoms with van der Waals surface area (Å²) in [5.74, 6) is 0.0655. The van der Waals surface area contributed by atoms with Crippen molar-refractivity contribution >= 4 is 11.6 Å². The van der Waals surface area contributed by atoms with Gasteiger partial charge in [0.1, 0.15) is 5.82 Å². The van der Waals surface area contributed by atoms with E-state index in [4.69, 9.17) is 0 Å². The number of hydrogen-bond acceptors (Lipinski definition) is 3. The van der Waals surface area contributed by atoms with Gasteiger partial charge in [-0.15, -0.1) is 0 Å². The number of hydrogen-bond donors (Lipinski definition) is 0. The molecule has 0 N–H and O–H groups in total. The summed E-state index contributed by atoms with van der Waals surface area (Å²) < 4.78 is 13.0. The Kier molecular flexibility index (Phi) is 4.62. The standard InChI is InChI=1S/C17H24FN3O/c1-19-8-2-3-16(19)13-17(22)21-11-9-20(10-12-21)15-6-4-14(18)5-7-15/h4-7,16H,2-3,8-13H2,1H3. The van der Waals surface area contributed by atoms with Crippen molar-refractivity contribution in [3.63, 3.8) is 0 Å². The van der Waals surface area contributed by atoms with Crippen LogP contribution in [0.3, 0.4) is 0 Å². The van der Waals surface area contributed by atoms with Crippen molar-refractivity contribution in [3.8, 4) is 0 Å². The van der Waals surface area contributed by atoms with Gasteiger partial charge in [0.05, 0.1) is 0 Å². The zero-order valence-electron chi connectivity index (χ0n) is 13.2. The normalized spacial score (nSPS) is 23.1. The molecule has 0 spiro atoms. The second-order valence-corrected chi connectivity index (χ2v) is 6.33. The highest BCUT2D eigenvalue weighted by Gasteiger charge is 2.27. The largest absolute Gasteiger partial charge is 0.368 e. The van der Waals surface area contributed by atoms with Crippen LogP contribution in [0.15, 0.2) is 24.3 Å². The molecule has 0 aromatic heterocycles. The monoisotopic (exact) mass is 305 g/mol. The van der Waals surface area contributed by atoms with Crippen LogP contribution >= 0.6 is 0 Å². The molecule has 22 heavy (non-hydrogen) atoms. The number of halogens is 1. The van der Waals surface area contributed by atoms with E-state index in [0.29, 0.717) is 12.5 Å². The van der Waals surface area contributed by atoms with Crippen LogP contribution < -0.4 is 4.90 Å². The highest BCUT2D eigenvalue weighted by Crippen LogP contribution is 2.20. The highest BCUT2D eigenvalue weighted by atomic mass is 19.1. The van der Waals surface area contributed by atoms with Crippen LogP contribution in [0.5, 0.6) is 0 Å². The maximum absolute atomic E-state index is 13.0. The van der Waals surface area contributed by atoms with E-state index in [1.807, 2.05) is 4.90 Å². The molecular formula is C17H24FN3O. The molecule has 5 heteroatoms. The van der Waals surface area contributed by atoms with E-state index in [0.717, 1.165) is 44.8 Å². The Balaban J connectivity index is 1.50. The fraction of sp³-hybridized carbons (Fsp3) is 0.588. The van der Waals surface area contributed by atoms with Crippen molar-refractivity contribution in [2.75, 3.05) is 44.7 Å². The molecule has 2 heterocycles. The van der Waals surface area contributed by atoms with Gasteiger partial charge in [0.15, 0.2) is 0 Å². The quantitative estimate of drug-likeness (QED) is 0.854. The van der Waals surface area contributed by atoms with Gasteiger partial charge in [-0.2, -0.15) is 0 Å². The second-order valence-electron chi connectivity index (χ2n) is 6.33. The van der Waals surface area contributed by atoms with Gasteiger partial charge in [0.25, 0.3) is 0 Å². The molecule has 2 fully saturated rings. The van der Waals surface area contributed by atoms with Crippen LogP contribution in [0.1, 0.15) is 19.3 Å². The first-order valence-corrected chi connectivity index (χ1v) is 8.12. The van der Waals surface area contributed by atoms with Crippen LogP contribution in [-0.2, 0) is 4.79 Å². The topological polar surface area (TPSA) is 26.8 Å². The first kappa shape index (κ1) is 15.3. The number of benzene rings is 1. The summed E-state index contributed by atoms with van der Waals surface area (Å²) in [7, 11) is 2.11. The number of likely N-dealkylation sites (tertiary alicyclic amines) is 1. The van der Waals surface area contributed by atoms with E-state index in [1.165, 1.54) is 18.6 Å². The Morgan fingerprint density at radius 3 is 2.41 bits per heavy atom. The van der Waals surface area contributed by atoms with Crippen LogP contribution in [0.25, 0.3) is 0 Å². The third-order valence-electron chi connectivity index (χ3n) is 4.91. The summed E-state index contributed by atoms with van der Waals surface area (Å²) in [6, 6.07) is 7.01. The molecule has 0 radical (unpaired) electrons. The first-order valence-electron chi connectivity index (χ1n) is 8.12. The van der Waals surface area contributed by atoms with E-state index in [-0.39, 0.29) is 11.7 Å². The Labute approximate surface area is 131 Å². The first-order chi connectivity index (χ1) is 10.6. The lowest BCUT2D eigenvalue weighted by Crippen LogP contribution is -2.49. The number of carbonyl (C=O) groups excluding carboxylic acids is 1. The number of rotatable bonds is 3. The number of nitrogens with zero attached hydrogens (tertiary/aromatic N) is 3. The molecule has 4 nitrogen and oxygen atoms in total. The molecular weight excluding hydrogens is 281 g/mol. The van der Waals surface area contributed by atoms with E-state index in [9.17, 15) is 9.18 Å². The third-order valence-corrected chi connectivity index (χ3v) is 4.91. The van der Waals surface area contributed by atoms with E-state index in [2.05, 4.69) is 16.8 Å². The van der Waals surface area contributed by atoms with Crippen molar-refractivity contribution in [1.29, 1.82) is 0 Å². The minimum atomic E-state index is -0.210. The molecule has 2 aliphatic heterocycles. The Morgan fingerprint density at radius 1 is 1.14 bits per heavy atom. The van der Waals surface area contributed by atoms with Crippen molar-refractivity contribution in [3.05, 3.63) is 30.1 Å². The van der Waals surface area contributed by atoms with Crippen LogP contribution in [0.4, 0.5) is 10.1 Å². The van der Waals surface area contributed by atoms with Crippen molar-refractivity contribution < 1.29 is 9.18 Å². The van der Waals surface area contributed by atoms with Gasteiger partial charge in [-0.25, -0.2) is 4.39 Å². The zero-order chi connectivity index (χ0) is 15.5. The minimum Gasteiger partial charge on any atom is -0.368 e. The Bertz CT molecular complexity index is 511. The van der Waals surface area contributed by atoms with E-state index in [1.54, 1.807) is 12.1 Å². The summed E-state index contributed by atoms with van der Waals surface area (Å²) in [6.45, 7) is 4.26. The van der Waals surface area contributed by atoms with Gasteiger partial charge in [-0.3, -0.25) is 4.79 Å². The second kappa shape index (κ2) is 6.65. The number of carbonyl (C=O) groups is 1. The molecule has 1 aromatic rings. The molecule has 0 bridgehead atoms. The molecule has 120 valence electrons. The lowest BCUT2D eigenvalue weighted by molar-refractivity contribution is -0.132. The summed E-state index contributed by atoms with van der Waals surface area (Å²) in [5, 5.41) is 0. The van der Waals surface area contributed by atoms with E-state index < -0.39 is 0 Å². The SMILES string of the molecule is CN1CCCC1CC(=O)N1CCN(c2ccc(F)cc2)CC1. The molecule has 1 atom stereocenters. The number of piperazine rings is 1. The maximum Gasteiger partial charge on any atom is 0.224 e. The van der Waals surface area contributed by atoms with Gasteiger partial charge < -0.3 is 14.7 Å². The molecule has 2 saturated heterocycles. The van der Waals surface area contributed by atoms with Crippen LogP contribution in [0.2, 0.25) is 0 Å². The molecule has 1 amide bonds. The van der Waals surface area contributed by atoms with E-state index >= 15 is 0 Å². The smallest absolute Gasteiger partial charge is 0.224 e. The minimum absolute atomic E-state index is 0.210. The van der Waals surface area contributed by atoms with Gasteiger partial charge in [0.2, 0.25) is 5.91 Å². The predicted octanol–water partition coefficient (Wildman–Crippen LogP) is 1.96. The molecule has 2 aliphatic rings. The van der Waals surface area contributed by atoms with Gasteiger partial charge in [0, 0.05) is 44.3 Å². The van der Waals surface area contributed by atoms with Crippen LogP contribution in [0, 0.1) is 5.82 Å². The summed E-state index contributed by atoms with van der Waals surface area (Å²) in [6.07, 6.45) is 2.98. The summed E-state index contributed by atoms with van der Waals surface area (Å²) >= 11 is 0. The maximum atomic E-state index is 13.0. The highest BCUT2D eigenvalue weighted by molar-refractivity contribution is 5.77. The van der Waals surface area contributed by atoms with Gasteiger partial charge in [-0.1, -0.05) is 0 Å². The number of anilines is 1. The molecule has 1 aromatic carbocycles. The fourth-order valence-electron chi connectivity index (χ4n) is 3.43. The molecule has 1 unspecified atom stereocenters.